The quantitative estimate of drug-likeness (QED) is 0.861. The van der Waals surface area contributed by atoms with E-state index in [0.29, 0.717) is 6.92 Å². The summed E-state index contributed by atoms with van der Waals surface area (Å²) in [5.41, 5.74) is 0.821. The summed E-state index contributed by atoms with van der Waals surface area (Å²) in [6, 6.07) is 4.28. The van der Waals surface area contributed by atoms with Gasteiger partial charge in [-0.3, -0.25) is 15.1 Å². The van der Waals surface area contributed by atoms with Crippen molar-refractivity contribution in [1.29, 1.82) is 0 Å². The molecular weight excluding hydrogens is 286 g/mol. The number of carbonyl (C=O) groups is 1. The van der Waals surface area contributed by atoms with Crippen LogP contribution >= 0.6 is 11.3 Å². The Morgan fingerprint density at radius 3 is 2.95 bits per heavy atom. The van der Waals surface area contributed by atoms with Gasteiger partial charge >= 0.3 is 5.97 Å². The highest BCUT2D eigenvalue weighted by Gasteiger charge is 2.30. The van der Waals surface area contributed by atoms with Crippen LogP contribution in [0.1, 0.15) is 18.2 Å². The van der Waals surface area contributed by atoms with Crippen molar-refractivity contribution in [2.24, 2.45) is 0 Å². The standard InChI is InChI=1S/C13H14F2N2O2S/c1-13(14,15)6-10(12(18)19)17-7-8-5-9-11(20-8)3-2-4-16-9/h2-5,10,17H,6-7H2,1H3,(H,18,19). The highest BCUT2D eigenvalue weighted by atomic mass is 32.1. The third-order valence-corrected chi connectivity index (χ3v) is 3.81. The Morgan fingerprint density at radius 2 is 2.35 bits per heavy atom. The lowest BCUT2D eigenvalue weighted by Crippen LogP contribution is -2.40. The highest BCUT2D eigenvalue weighted by Crippen LogP contribution is 2.24. The summed E-state index contributed by atoms with van der Waals surface area (Å²) in [4.78, 5) is 16.0. The number of hydrogen-bond donors (Lipinski definition) is 2. The van der Waals surface area contributed by atoms with Crippen molar-refractivity contribution in [3.8, 4) is 0 Å². The molecule has 0 amide bonds. The molecule has 0 bridgehead atoms. The maximum atomic E-state index is 12.9. The van der Waals surface area contributed by atoms with E-state index in [1.807, 2.05) is 18.2 Å². The first-order valence-corrected chi connectivity index (χ1v) is 6.84. The number of carboxylic acid groups (broad SMARTS) is 1. The third-order valence-electron chi connectivity index (χ3n) is 2.72. The zero-order valence-electron chi connectivity index (χ0n) is 10.8. The minimum absolute atomic E-state index is 0.230. The zero-order chi connectivity index (χ0) is 14.8. The predicted molar refractivity (Wildman–Crippen MR) is 73.1 cm³/mol. The second kappa shape index (κ2) is 5.80. The molecule has 2 aromatic rings. The molecule has 2 rings (SSSR count). The Hall–Kier alpha value is -1.60. The minimum Gasteiger partial charge on any atom is -0.480 e. The predicted octanol–water partition coefficient (Wildman–Crippen LogP) is 2.88. The zero-order valence-corrected chi connectivity index (χ0v) is 11.6. The van der Waals surface area contributed by atoms with Crippen molar-refractivity contribution < 1.29 is 18.7 Å². The summed E-state index contributed by atoms with van der Waals surface area (Å²) >= 11 is 1.46. The molecule has 0 radical (unpaired) electrons. The first-order valence-electron chi connectivity index (χ1n) is 6.02. The Bertz CT molecular complexity index is 577. The molecule has 0 aliphatic heterocycles. The van der Waals surface area contributed by atoms with Crippen LogP contribution in [0.15, 0.2) is 24.4 Å². The number of aliphatic carboxylic acids is 1. The average Bonchev–Trinajstić information content (AvgIpc) is 2.75. The van der Waals surface area contributed by atoms with Crippen LogP contribution in [0.25, 0.3) is 10.2 Å². The summed E-state index contributed by atoms with van der Waals surface area (Å²) in [5.74, 6) is -4.29. The fourth-order valence-corrected chi connectivity index (χ4v) is 2.81. The number of alkyl halides is 2. The van der Waals surface area contributed by atoms with E-state index in [4.69, 9.17) is 5.11 Å². The number of halogens is 2. The maximum absolute atomic E-state index is 12.9. The van der Waals surface area contributed by atoms with Gasteiger partial charge in [0.25, 0.3) is 0 Å². The maximum Gasteiger partial charge on any atom is 0.320 e. The van der Waals surface area contributed by atoms with Crippen LogP contribution < -0.4 is 5.32 Å². The second-order valence-corrected chi connectivity index (χ2v) is 5.81. The molecule has 2 N–H and O–H groups in total. The number of pyridine rings is 1. The topological polar surface area (TPSA) is 62.2 Å². The van der Waals surface area contributed by atoms with E-state index in [-0.39, 0.29) is 6.54 Å². The number of carboxylic acids is 1. The molecule has 4 nitrogen and oxygen atoms in total. The van der Waals surface area contributed by atoms with E-state index in [1.165, 1.54) is 11.3 Å². The van der Waals surface area contributed by atoms with Gasteiger partial charge in [-0.2, -0.15) is 0 Å². The van der Waals surface area contributed by atoms with Crippen molar-refractivity contribution in [1.82, 2.24) is 10.3 Å². The van der Waals surface area contributed by atoms with Crippen LogP contribution in [0, 0.1) is 0 Å². The molecule has 1 unspecified atom stereocenters. The number of thiophene rings is 1. The molecule has 1 atom stereocenters. The molecule has 0 aliphatic carbocycles. The van der Waals surface area contributed by atoms with Crippen LogP contribution in [-0.2, 0) is 11.3 Å². The van der Waals surface area contributed by atoms with Gasteiger partial charge in [-0.15, -0.1) is 11.3 Å². The summed E-state index contributed by atoms with van der Waals surface area (Å²) < 4.78 is 26.8. The van der Waals surface area contributed by atoms with E-state index in [0.717, 1.165) is 15.1 Å². The second-order valence-electron chi connectivity index (χ2n) is 4.65. The Morgan fingerprint density at radius 1 is 1.60 bits per heavy atom. The Balaban J connectivity index is 2.03. The average molecular weight is 300 g/mol. The summed E-state index contributed by atoms with van der Waals surface area (Å²) in [7, 11) is 0. The monoisotopic (exact) mass is 300 g/mol. The number of fused-ring (bicyclic) bond motifs is 1. The molecule has 20 heavy (non-hydrogen) atoms. The van der Waals surface area contributed by atoms with Crippen molar-refractivity contribution in [3.05, 3.63) is 29.3 Å². The first kappa shape index (κ1) is 14.8. The van der Waals surface area contributed by atoms with Crippen LogP contribution in [0.5, 0.6) is 0 Å². The lowest BCUT2D eigenvalue weighted by Gasteiger charge is -2.17. The largest absolute Gasteiger partial charge is 0.480 e. The van der Waals surface area contributed by atoms with Gasteiger partial charge in [0.15, 0.2) is 0 Å². The van der Waals surface area contributed by atoms with Gasteiger partial charge in [0.2, 0.25) is 5.92 Å². The molecule has 0 saturated carbocycles. The van der Waals surface area contributed by atoms with Gasteiger partial charge < -0.3 is 5.11 Å². The molecule has 0 aliphatic rings. The fraction of sp³-hybridized carbons (Fsp3) is 0.385. The van der Waals surface area contributed by atoms with Gasteiger partial charge in [0, 0.05) is 24.0 Å². The smallest absolute Gasteiger partial charge is 0.320 e. The Labute approximate surface area is 118 Å². The summed E-state index contributed by atoms with van der Waals surface area (Å²) in [6.07, 6.45) is 0.940. The van der Waals surface area contributed by atoms with Crippen LogP contribution in [0.2, 0.25) is 0 Å². The number of nitrogens with zero attached hydrogens (tertiary/aromatic N) is 1. The number of nitrogens with one attached hydrogen (secondary N) is 1. The third kappa shape index (κ3) is 3.94. The lowest BCUT2D eigenvalue weighted by molar-refractivity contribution is -0.142. The molecule has 2 aromatic heterocycles. The number of rotatable bonds is 6. The van der Waals surface area contributed by atoms with Crippen molar-refractivity contribution in [2.75, 3.05) is 0 Å². The first-order chi connectivity index (χ1) is 9.35. The molecule has 0 saturated heterocycles. The van der Waals surface area contributed by atoms with E-state index >= 15 is 0 Å². The van der Waals surface area contributed by atoms with Gasteiger partial charge in [0.05, 0.1) is 10.2 Å². The van der Waals surface area contributed by atoms with E-state index in [9.17, 15) is 13.6 Å². The van der Waals surface area contributed by atoms with Crippen molar-refractivity contribution >= 4 is 27.5 Å². The van der Waals surface area contributed by atoms with Crippen LogP contribution in [-0.4, -0.2) is 28.0 Å². The van der Waals surface area contributed by atoms with E-state index in [2.05, 4.69) is 10.3 Å². The molecule has 0 spiro atoms. The number of hydrogen-bond acceptors (Lipinski definition) is 4. The molecular formula is C13H14F2N2O2S. The summed E-state index contributed by atoms with van der Waals surface area (Å²) in [6.45, 7) is 0.946. The molecule has 0 fully saturated rings. The molecule has 108 valence electrons. The Kier molecular flexibility index (Phi) is 4.29. The molecule has 0 aromatic carbocycles. The van der Waals surface area contributed by atoms with E-state index < -0.39 is 24.4 Å². The van der Waals surface area contributed by atoms with Crippen molar-refractivity contribution in [2.45, 2.75) is 31.9 Å². The normalized spacial score (nSPS) is 13.6. The van der Waals surface area contributed by atoms with Gasteiger partial charge in [-0.25, -0.2) is 8.78 Å². The van der Waals surface area contributed by atoms with Crippen LogP contribution in [0.4, 0.5) is 8.78 Å². The lowest BCUT2D eigenvalue weighted by atomic mass is 10.1. The van der Waals surface area contributed by atoms with Gasteiger partial charge in [-0.1, -0.05) is 0 Å². The minimum atomic E-state index is -3.02. The fourth-order valence-electron chi connectivity index (χ4n) is 1.84. The molecule has 2 heterocycles. The number of aromatic nitrogens is 1. The summed E-state index contributed by atoms with van der Waals surface area (Å²) in [5, 5.41) is 11.6. The molecule has 7 heteroatoms. The highest BCUT2D eigenvalue weighted by molar-refractivity contribution is 7.19. The van der Waals surface area contributed by atoms with Crippen molar-refractivity contribution in [3.63, 3.8) is 0 Å². The van der Waals surface area contributed by atoms with Gasteiger partial charge in [0.1, 0.15) is 6.04 Å². The van der Waals surface area contributed by atoms with E-state index in [1.54, 1.807) is 6.20 Å². The van der Waals surface area contributed by atoms with Gasteiger partial charge in [-0.05, 0) is 25.1 Å². The SMILES string of the molecule is CC(F)(F)CC(NCc1cc2ncccc2s1)C(=O)O. The van der Waals surface area contributed by atoms with Crippen LogP contribution in [0.3, 0.4) is 0 Å².